The van der Waals surface area contributed by atoms with Crippen LogP contribution < -0.4 is 0 Å². The molecule has 2 aromatic carbocycles. The first-order valence-corrected chi connectivity index (χ1v) is 12.2. The van der Waals surface area contributed by atoms with E-state index in [9.17, 15) is 0 Å². The molecule has 2 aliphatic carbocycles. The van der Waals surface area contributed by atoms with Crippen LogP contribution in [0.5, 0.6) is 0 Å². The van der Waals surface area contributed by atoms with Crippen LogP contribution in [0, 0.1) is 0 Å². The lowest BCUT2D eigenvalue weighted by Gasteiger charge is -2.31. The minimum atomic E-state index is -1.51. The lowest BCUT2D eigenvalue weighted by atomic mass is 10.1. The molecule has 0 aliphatic heterocycles. The van der Waals surface area contributed by atoms with Crippen LogP contribution in [0.25, 0.3) is 11.1 Å². The van der Waals surface area contributed by atoms with E-state index in [0.29, 0.717) is 11.1 Å². The van der Waals surface area contributed by atoms with Crippen LogP contribution in [0.4, 0.5) is 0 Å². The van der Waals surface area contributed by atoms with Gasteiger partial charge in [-0.05, 0) is 33.4 Å². The Balaban J connectivity index is 1.57. The van der Waals surface area contributed by atoms with Gasteiger partial charge in [0.25, 0.3) is 0 Å². The highest BCUT2D eigenvalue weighted by Gasteiger charge is 2.37. The summed E-state index contributed by atoms with van der Waals surface area (Å²) in [4.78, 5) is 0. The Morgan fingerprint density at radius 2 is 1.00 bits per heavy atom. The molecule has 0 radical (unpaired) electrons. The van der Waals surface area contributed by atoms with E-state index in [-0.39, 0.29) is 0 Å². The van der Waals surface area contributed by atoms with Gasteiger partial charge in [-0.3, -0.25) is 0 Å². The molecule has 0 bridgehead atoms. The van der Waals surface area contributed by atoms with Crippen LogP contribution >= 0.6 is 0 Å². The molecule has 2 aromatic rings. The summed E-state index contributed by atoms with van der Waals surface area (Å²) in [7, 11) is -1.51. The van der Waals surface area contributed by atoms with Gasteiger partial charge in [0.1, 0.15) is 0 Å². The average Bonchev–Trinajstić information content (AvgIpc) is 3.34. The van der Waals surface area contributed by atoms with Gasteiger partial charge in [0.15, 0.2) is 0 Å². The van der Waals surface area contributed by atoms with Crippen LogP contribution in [-0.2, 0) is 0 Å². The predicted octanol–water partition coefficient (Wildman–Crippen LogP) is 6.74. The average molecular weight is 341 g/mol. The zero-order chi connectivity index (χ0) is 17.3. The molecule has 25 heavy (non-hydrogen) atoms. The molecule has 1 heteroatoms. The van der Waals surface area contributed by atoms with Gasteiger partial charge in [0.05, 0.1) is 8.07 Å². The molecule has 0 saturated heterocycles. The molecule has 4 rings (SSSR count). The van der Waals surface area contributed by atoms with E-state index in [0.717, 1.165) is 0 Å². The standard InChI is InChI=1S/C24H24Si/c1-25(2,23-15-13-21(17-23)19-9-5-3-6-10-19)24-16-14-22(18-24)20-11-7-4-8-12-20/h3-18,23-24H,1-2H3. The lowest BCUT2D eigenvalue weighted by molar-refractivity contribution is 1.17. The summed E-state index contributed by atoms with van der Waals surface area (Å²) in [5.41, 5.74) is 6.58. The number of hydrogen-bond acceptors (Lipinski definition) is 0. The van der Waals surface area contributed by atoms with Crippen molar-refractivity contribution in [1.29, 1.82) is 0 Å². The van der Waals surface area contributed by atoms with E-state index in [1.165, 1.54) is 22.3 Å². The van der Waals surface area contributed by atoms with Crippen LogP contribution in [0.1, 0.15) is 11.1 Å². The minimum absolute atomic E-state index is 0.587. The van der Waals surface area contributed by atoms with Crippen LogP contribution in [0.15, 0.2) is 97.1 Å². The zero-order valence-corrected chi connectivity index (χ0v) is 15.9. The largest absolute Gasteiger partial charge is 0.0797 e. The molecule has 0 nitrogen and oxygen atoms in total. The van der Waals surface area contributed by atoms with Gasteiger partial charge in [-0.1, -0.05) is 110 Å². The van der Waals surface area contributed by atoms with E-state index < -0.39 is 8.07 Å². The highest BCUT2D eigenvalue weighted by molar-refractivity contribution is 6.82. The monoisotopic (exact) mass is 340 g/mol. The molecule has 0 amide bonds. The third kappa shape index (κ3) is 3.12. The van der Waals surface area contributed by atoms with E-state index in [1.807, 2.05) is 0 Å². The fraction of sp³-hybridized carbons (Fsp3) is 0.167. The van der Waals surface area contributed by atoms with Crippen molar-refractivity contribution < 1.29 is 0 Å². The molecule has 124 valence electrons. The second-order valence-electron chi connectivity index (χ2n) is 7.57. The van der Waals surface area contributed by atoms with Crippen LogP contribution in [-0.4, -0.2) is 8.07 Å². The lowest BCUT2D eigenvalue weighted by Crippen LogP contribution is -2.34. The van der Waals surface area contributed by atoms with Gasteiger partial charge in [-0.25, -0.2) is 0 Å². The van der Waals surface area contributed by atoms with Crippen LogP contribution in [0.3, 0.4) is 0 Å². The summed E-state index contributed by atoms with van der Waals surface area (Å²) in [5.74, 6) is 0. The molecule has 0 fully saturated rings. The maximum atomic E-state index is 2.52. The molecular formula is C24H24Si. The number of allylic oxidation sites excluding steroid dienone is 8. The molecule has 2 unspecified atom stereocenters. The van der Waals surface area contributed by atoms with Crippen molar-refractivity contribution in [3.8, 4) is 0 Å². The second-order valence-corrected chi connectivity index (χ2v) is 12.5. The Labute approximate surface area is 151 Å². The molecular weight excluding hydrogens is 316 g/mol. The summed E-state index contributed by atoms with van der Waals surface area (Å²) in [6.07, 6.45) is 14.5. The molecule has 0 saturated carbocycles. The first-order valence-electron chi connectivity index (χ1n) is 9.05. The quantitative estimate of drug-likeness (QED) is 0.540. The Morgan fingerprint density at radius 3 is 1.40 bits per heavy atom. The highest BCUT2D eigenvalue weighted by atomic mass is 28.3. The van der Waals surface area contributed by atoms with Crippen molar-refractivity contribution in [2.75, 3.05) is 0 Å². The van der Waals surface area contributed by atoms with Crippen molar-refractivity contribution in [3.05, 3.63) is 108 Å². The number of benzene rings is 2. The van der Waals surface area contributed by atoms with Crippen molar-refractivity contribution in [2.45, 2.75) is 24.2 Å². The third-order valence-corrected chi connectivity index (χ3v) is 9.77. The fourth-order valence-electron chi connectivity index (χ4n) is 3.82. The van der Waals surface area contributed by atoms with Crippen molar-refractivity contribution in [2.24, 2.45) is 0 Å². The van der Waals surface area contributed by atoms with E-state index >= 15 is 0 Å². The van der Waals surface area contributed by atoms with Gasteiger partial charge >= 0.3 is 0 Å². The van der Waals surface area contributed by atoms with Crippen molar-refractivity contribution >= 4 is 19.2 Å². The molecule has 2 atom stereocenters. The predicted molar refractivity (Wildman–Crippen MR) is 112 cm³/mol. The molecule has 2 aliphatic rings. The summed E-state index contributed by atoms with van der Waals surface area (Å²) >= 11 is 0. The molecule has 0 N–H and O–H groups in total. The van der Waals surface area contributed by atoms with Crippen molar-refractivity contribution in [3.63, 3.8) is 0 Å². The van der Waals surface area contributed by atoms with E-state index in [2.05, 4.69) is 110 Å². The Hall–Kier alpha value is -2.38. The van der Waals surface area contributed by atoms with E-state index in [4.69, 9.17) is 0 Å². The third-order valence-electron chi connectivity index (χ3n) is 5.62. The first kappa shape index (κ1) is 16.1. The Morgan fingerprint density at radius 1 is 0.600 bits per heavy atom. The Bertz CT molecular complexity index is 793. The number of rotatable bonds is 4. The van der Waals surface area contributed by atoms with Gasteiger partial charge < -0.3 is 0 Å². The van der Waals surface area contributed by atoms with E-state index in [1.54, 1.807) is 0 Å². The second kappa shape index (κ2) is 6.49. The molecule has 0 aromatic heterocycles. The van der Waals surface area contributed by atoms with Crippen molar-refractivity contribution in [1.82, 2.24) is 0 Å². The zero-order valence-electron chi connectivity index (χ0n) is 14.9. The van der Waals surface area contributed by atoms with Crippen LogP contribution in [0.2, 0.25) is 24.2 Å². The smallest absolute Gasteiger partial charge is 0.0699 e. The van der Waals surface area contributed by atoms with Gasteiger partial charge in [0, 0.05) is 0 Å². The highest BCUT2D eigenvalue weighted by Crippen LogP contribution is 2.45. The first-order chi connectivity index (χ1) is 12.1. The molecule has 0 heterocycles. The maximum absolute atomic E-state index is 2.52. The summed E-state index contributed by atoms with van der Waals surface area (Å²) < 4.78 is 0. The van der Waals surface area contributed by atoms with Gasteiger partial charge in [-0.2, -0.15) is 0 Å². The summed E-state index contributed by atoms with van der Waals surface area (Å²) in [6.45, 7) is 5.04. The fourth-order valence-corrected chi connectivity index (χ4v) is 6.66. The normalized spacial score (nSPS) is 22.2. The topological polar surface area (TPSA) is 0 Å². The molecule has 0 spiro atoms. The summed E-state index contributed by atoms with van der Waals surface area (Å²) in [5, 5.41) is 0. The van der Waals surface area contributed by atoms with Gasteiger partial charge in [0.2, 0.25) is 0 Å². The maximum Gasteiger partial charge on any atom is 0.0699 e. The van der Waals surface area contributed by atoms with Gasteiger partial charge in [-0.15, -0.1) is 0 Å². The minimum Gasteiger partial charge on any atom is -0.0797 e. The Kier molecular flexibility index (Phi) is 4.18. The number of hydrogen-bond donors (Lipinski definition) is 0. The SMILES string of the molecule is C[Si](C)(C1C=CC(c2ccccc2)=C1)C1C=CC(c2ccccc2)=C1. The summed E-state index contributed by atoms with van der Waals surface area (Å²) in [6, 6.07) is 21.5.